The van der Waals surface area contributed by atoms with E-state index in [-0.39, 0.29) is 36.8 Å². The van der Waals surface area contributed by atoms with Crippen molar-refractivity contribution < 1.29 is 28.6 Å². The van der Waals surface area contributed by atoms with Crippen LogP contribution in [0.15, 0.2) is 60.8 Å². The average Bonchev–Trinajstić information content (AvgIpc) is 3.95. The Morgan fingerprint density at radius 1 is 1.16 bits per heavy atom. The zero-order chi connectivity index (χ0) is 29.9. The van der Waals surface area contributed by atoms with E-state index in [9.17, 15) is 19.1 Å². The number of fused-ring (bicyclic) bond motifs is 2. The molecule has 2 aliphatic carbocycles. The van der Waals surface area contributed by atoms with Crippen molar-refractivity contribution in [2.75, 3.05) is 13.2 Å². The Morgan fingerprint density at radius 2 is 1.93 bits per heavy atom. The second-order valence-corrected chi connectivity index (χ2v) is 12.0. The molecule has 4 aromatic rings. The van der Waals surface area contributed by atoms with Gasteiger partial charge in [-0.05, 0) is 87.1 Å². The van der Waals surface area contributed by atoms with Gasteiger partial charge in [-0.25, -0.2) is 9.37 Å². The standard InChI is InChI=1S/C33H31FN4O5/c1-32(31(35)40)17-42-29-24(32)15-26(38-28(29)18-4-8-22(34)9-5-18)33(41,21-6-7-21)16-37-30(39)20-13-19-3-2-12-36-27(19)25(14-20)43-23-10-11-23/h2-5,8-9,12-15,21,23,41H,6-7,10-11,16-17H2,1H3,(H2,35,40)(H,37,39)/t32-,33?/m0/s1. The Bertz CT molecular complexity index is 1770. The number of nitrogens with one attached hydrogen (secondary N) is 1. The van der Waals surface area contributed by atoms with Gasteiger partial charge in [0.15, 0.2) is 0 Å². The fourth-order valence-electron chi connectivity index (χ4n) is 5.68. The van der Waals surface area contributed by atoms with E-state index in [0.29, 0.717) is 39.4 Å². The molecule has 2 saturated carbocycles. The highest BCUT2D eigenvalue weighted by atomic mass is 19.1. The third kappa shape index (κ3) is 4.85. The SMILES string of the molecule is C[C@]1(C(N)=O)COc2c1cc(C(O)(CNC(=O)c1cc(OC3CC3)c3ncccc3c1)C1CC1)nc2-c1ccc(F)cc1. The summed E-state index contributed by atoms with van der Waals surface area (Å²) in [6, 6.07) is 14.5. The quantitative estimate of drug-likeness (QED) is 0.270. The first-order valence-corrected chi connectivity index (χ1v) is 14.5. The van der Waals surface area contributed by atoms with Gasteiger partial charge in [0.2, 0.25) is 5.91 Å². The molecule has 43 heavy (non-hydrogen) atoms. The lowest BCUT2D eigenvalue weighted by molar-refractivity contribution is -0.123. The summed E-state index contributed by atoms with van der Waals surface area (Å²) in [6.45, 7) is 1.58. The predicted molar refractivity (Wildman–Crippen MR) is 156 cm³/mol. The van der Waals surface area contributed by atoms with E-state index in [0.717, 1.165) is 31.1 Å². The number of carbonyl (C=O) groups excluding carboxylic acids is 2. The lowest BCUT2D eigenvalue weighted by Crippen LogP contribution is -2.44. The zero-order valence-corrected chi connectivity index (χ0v) is 23.6. The molecule has 4 N–H and O–H groups in total. The normalized spacial score (nSPS) is 20.6. The lowest BCUT2D eigenvalue weighted by atomic mass is 9.81. The van der Waals surface area contributed by atoms with Crippen molar-refractivity contribution in [1.82, 2.24) is 15.3 Å². The van der Waals surface area contributed by atoms with Gasteiger partial charge in [0.25, 0.3) is 5.91 Å². The molecule has 0 bridgehead atoms. The summed E-state index contributed by atoms with van der Waals surface area (Å²) in [7, 11) is 0. The molecule has 0 spiro atoms. The van der Waals surface area contributed by atoms with Crippen LogP contribution in [0, 0.1) is 11.7 Å². The molecule has 3 aliphatic rings. The fourth-order valence-corrected chi connectivity index (χ4v) is 5.68. The van der Waals surface area contributed by atoms with Crippen LogP contribution in [0.3, 0.4) is 0 Å². The largest absolute Gasteiger partial charge is 0.489 e. The van der Waals surface area contributed by atoms with Crippen LogP contribution in [0.5, 0.6) is 11.5 Å². The van der Waals surface area contributed by atoms with Crippen LogP contribution >= 0.6 is 0 Å². The number of hydrogen-bond acceptors (Lipinski definition) is 7. The Labute approximate surface area is 247 Å². The zero-order valence-electron chi connectivity index (χ0n) is 23.6. The molecule has 10 heteroatoms. The summed E-state index contributed by atoms with van der Waals surface area (Å²) in [5, 5.41) is 15.9. The maximum atomic E-state index is 13.8. The number of rotatable bonds is 9. The third-order valence-electron chi connectivity index (χ3n) is 8.70. The lowest BCUT2D eigenvalue weighted by Gasteiger charge is -2.30. The first-order chi connectivity index (χ1) is 20.7. The molecule has 9 nitrogen and oxygen atoms in total. The summed E-state index contributed by atoms with van der Waals surface area (Å²) in [6.07, 6.45) is 5.22. The smallest absolute Gasteiger partial charge is 0.251 e. The average molecular weight is 583 g/mol. The molecule has 2 fully saturated rings. The van der Waals surface area contributed by atoms with Crippen LogP contribution in [0.4, 0.5) is 4.39 Å². The van der Waals surface area contributed by atoms with E-state index >= 15 is 0 Å². The molecule has 1 unspecified atom stereocenters. The Balaban J connectivity index is 1.25. The number of amides is 2. The number of nitrogens with two attached hydrogens (primary N) is 1. The van der Waals surface area contributed by atoms with Crippen LogP contribution in [-0.2, 0) is 15.8 Å². The second-order valence-electron chi connectivity index (χ2n) is 12.0. The number of halogens is 1. The van der Waals surface area contributed by atoms with Gasteiger partial charge in [-0.15, -0.1) is 0 Å². The number of hydrogen-bond donors (Lipinski definition) is 3. The Morgan fingerprint density at radius 3 is 2.63 bits per heavy atom. The van der Waals surface area contributed by atoms with Crippen LogP contribution in [0.2, 0.25) is 0 Å². The summed E-state index contributed by atoms with van der Waals surface area (Å²) in [5.74, 6) is -0.615. The number of primary amides is 1. The van der Waals surface area contributed by atoms with Gasteiger partial charge in [-0.3, -0.25) is 14.6 Å². The van der Waals surface area contributed by atoms with E-state index < -0.39 is 22.7 Å². The number of pyridine rings is 2. The molecular weight excluding hydrogens is 551 g/mol. The first-order valence-electron chi connectivity index (χ1n) is 14.5. The predicted octanol–water partition coefficient (Wildman–Crippen LogP) is 4.14. The maximum absolute atomic E-state index is 13.8. The van der Waals surface area contributed by atoms with Crippen molar-refractivity contribution in [2.24, 2.45) is 11.7 Å². The molecule has 2 aromatic carbocycles. The van der Waals surface area contributed by atoms with Gasteiger partial charge >= 0.3 is 0 Å². The highest BCUT2D eigenvalue weighted by molar-refractivity contribution is 6.00. The first kappa shape index (κ1) is 27.3. The van der Waals surface area contributed by atoms with Gasteiger partial charge in [0, 0.05) is 28.3 Å². The number of aliphatic hydroxyl groups is 1. The summed E-state index contributed by atoms with van der Waals surface area (Å²) in [5.41, 5.74) is 5.89. The molecule has 1 aliphatic heterocycles. The minimum atomic E-state index is -1.55. The third-order valence-corrected chi connectivity index (χ3v) is 8.70. The number of benzene rings is 2. The Kier molecular flexibility index (Phi) is 6.35. The number of carbonyl (C=O) groups is 2. The van der Waals surface area contributed by atoms with Crippen LogP contribution < -0.4 is 20.5 Å². The molecule has 2 aromatic heterocycles. The van der Waals surface area contributed by atoms with E-state index in [1.165, 1.54) is 12.1 Å². The van der Waals surface area contributed by atoms with Crippen LogP contribution in [0.1, 0.15) is 54.2 Å². The molecule has 0 radical (unpaired) electrons. The topological polar surface area (TPSA) is 137 Å². The van der Waals surface area contributed by atoms with Gasteiger partial charge in [-0.2, -0.15) is 0 Å². The highest BCUT2D eigenvalue weighted by Crippen LogP contribution is 2.50. The van der Waals surface area contributed by atoms with E-state index in [2.05, 4.69) is 10.3 Å². The van der Waals surface area contributed by atoms with Crippen molar-refractivity contribution in [2.45, 2.75) is 49.7 Å². The monoisotopic (exact) mass is 582 g/mol. The maximum Gasteiger partial charge on any atom is 0.251 e. The molecule has 2 amide bonds. The minimum absolute atomic E-state index is 0.0116. The van der Waals surface area contributed by atoms with Gasteiger partial charge in [0.1, 0.15) is 46.1 Å². The number of ether oxygens (including phenoxy) is 2. The molecule has 7 rings (SSSR count). The summed E-state index contributed by atoms with van der Waals surface area (Å²) < 4.78 is 25.8. The number of nitrogens with zero attached hydrogens (tertiary/aromatic N) is 2. The van der Waals surface area contributed by atoms with E-state index in [1.54, 1.807) is 49.5 Å². The van der Waals surface area contributed by atoms with Crippen molar-refractivity contribution in [3.8, 4) is 22.8 Å². The Hall–Kier alpha value is -4.57. The van der Waals surface area contributed by atoms with Crippen LogP contribution in [0.25, 0.3) is 22.2 Å². The molecule has 220 valence electrons. The number of aromatic nitrogens is 2. The summed E-state index contributed by atoms with van der Waals surface area (Å²) in [4.78, 5) is 35.4. The van der Waals surface area contributed by atoms with Crippen molar-refractivity contribution in [3.63, 3.8) is 0 Å². The van der Waals surface area contributed by atoms with E-state index in [4.69, 9.17) is 20.2 Å². The van der Waals surface area contributed by atoms with Crippen molar-refractivity contribution in [1.29, 1.82) is 0 Å². The second kappa shape index (κ2) is 10.0. The van der Waals surface area contributed by atoms with Gasteiger partial charge < -0.3 is 25.6 Å². The van der Waals surface area contributed by atoms with Crippen molar-refractivity contribution >= 4 is 22.7 Å². The van der Waals surface area contributed by atoms with Gasteiger partial charge in [-0.1, -0.05) is 6.07 Å². The van der Waals surface area contributed by atoms with E-state index in [1.807, 2.05) is 6.07 Å². The minimum Gasteiger partial charge on any atom is -0.489 e. The van der Waals surface area contributed by atoms with Crippen LogP contribution in [-0.4, -0.2) is 46.1 Å². The van der Waals surface area contributed by atoms with Crippen molar-refractivity contribution in [3.05, 3.63) is 83.4 Å². The van der Waals surface area contributed by atoms with Gasteiger partial charge in [0.05, 0.1) is 18.3 Å². The molecule has 2 atom stereocenters. The summed E-state index contributed by atoms with van der Waals surface area (Å²) >= 11 is 0. The molecule has 0 saturated heterocycles. The molecular formula is C33H31FN4O5. The molecule has 3 heterocycles. The highest BCUT2D eigenvalue weighted by Gasteiger charge is 2.50. The fraction of sp³-hybridized carbons (Fsp3) is 0.333.